The maximum Gasteiger partial charge on any atom is 0.203 e. The van der Waals surface area contributed by atoms with E-state index in [1.807, 2.05) is 10.6 Å². The molecule has 0 bridgehead atoms. The van der Waals surface area contributed by atoms with Crippen molar-refractivity contribution in [3.8, 4) is 0 Å². The van der Waals surface area contributed by atoms with Crippen molar-refractivity contribution in [3.63, 3.8) is 0 Å². The van der Waals surface area contributed by atoms with Crippen molar-refractivity contribution in [1.82, 2.24) is 24.9 Å². The van der Waals surface area contributed by atoms with Crippen LogP contribution < -0.4 is 10.6 Å². The van der Waals surface area contributed by atoms with Crippen LogP contribution in [0.3, 0.4) is 0 Å². The average molecular weight is 232 g/mol. The number of nitrogens with one attached hydrogen (secondary N) is 2. The lowest BCUT2D eigenvalue weighted by molar-refractivity contribution is 0.574. The Morgan fingerprint density at radius 3 is 3.41 bits per heavy atom. The Hall–Kier alpha value is -1.69. The maximum absolute atomic E-state index is 4.29. The molecule has 6 heteroatoms. The van der Waals surface area contributed by atoms with Crippen LogP contribution in [0.5, 0.6) is 0 Å². The summed E-state index contributed by atoms with van der Waals surface area (Å²) in [6.07, 6.45) is 8.98. The number of anilines is 1. The summed E-state index contributed by atoms with van der Waals surface area (Å²) in [7, 11) is 0. The molecule has 1 unspecified atom stereocenters. The lowest BCUT2D eigenvalue weighted by atomic mass is 10.1. The molecule has 0 saturated carbocycles. The molecule has 0 spiro atoms. The molecule has 0 aromatic carbocycles. The summed E-state index contributed by atoms with van der Waals surface area (Å²) in [6.45, 7) is 2.07. The Kier molecular flexibility index (Phi) is 2.87. The van der Waals surface area contributed by atoms with Crippen molar-refractivity contribution in [2.24, 2.45) is 0 Å². The second-order valence-electron chi connectivity index (χ2n) is 4.35. The third-order valence-electron chi connectivity index (χ3n) is 3.16. The van der Waals surface area contributed by atoms with Crippen LogP contribution in [0.1, 0.15) is 19.3 Å². The third kappa shape index (κ3) is 2.21. The van der Waals surface area contributed by atoms with Crippen molar-refractivity contribution in [2.45, 2.75) is 25.3 Å². The monoisotopic (exact) mass is 232 g/mol. The standard InChI is InChI=1S/C11H16N6/c1-2-9(12-4-1)3-5-13-10-11-16-15-8-17(11)7-6-14-10/h6-9,12H,1-5H2,(H,13,14). The first kappa shape index (κ1) is 10.5. The Morgan fingerprint density at radius 1 is 1.53 bits per heavy atom. The number of fused-ring (bicyclic) bond motifs is 1. The second kappa shape index (κ2) is 4.67. The molecule has 3 rings (SSSR count). The van der Waals surface area contributed by atoms with Crippen LogP contribution in [-0.4, -0.2) is 38.7 Å². The van der Waals surface area contributed by atoms with Gasteiger partial charge in [-0.1, -0.05) is 0 Å². The van der Waals surface area contributed by atoms with Gasteiger partial charge in [0.2, 0.25) is 5.65 Å². The van der Waals surface area contributed by atoms with Crippen LogP contribution in [0.4, 0.5) is 5.82 Å². The van der Waals surface area contributed by atoms with E-state index in [0.717, 1.165) is 31.0 Å². The minimum absolute atomic E-state index is 0.653. The lowest BCUT2D eigenvalue weighted by Crippen LogP contribution is -2.24. The Bertz CT molecular complexity index is 487. The minimum atomic E-state index is 0.653. The van der Waals surface area contributed by atoms with Crippen molar-refractivity contribution >= 4 is 11.5 Å². The average Bonchev–Trinajstić information content (AvgIpc) is 2.99. The predicted molar refractivity (Wildman–Crippen MR) is 64.9 cm³/mol. The van der Waals surface area contributed by atoms with Crippen molar-refractivity contribution in [3.05, 3.63) is 18.7 Å². The SMILES string of the molecule is c1cn2cnnc2c(NCCC2CCCN2)n1. The molecule has 90 valence electrons. The summed E-state index contributed by atoms with van der Waals surface area (Å²) >= 11 is 0. The molecule has 1 fully saturated rings. The van der Waals surface area contributed by atoms with Crippen LogP contribution in [0, 0.1) is 0 Å². The van der Waals surface area contributed by atoms with E-state index >= 15 is 0 Å². The van der Waals surface area contributed by atoms with Crippen LogP contribution in [-0.2, 0) is 0 Å². The molecule has 2 aromatic rings. The number of hydrogen-bond donors (Lipinski definition) is 2. The van der Waals surface area contributed by atoms with E-state index in [1.54, 1.807) is 12.5 Å². The molecule has 2 aromatic heterocycles. The summed E-state index contributed by atoms with van der Waals surface area (Å²) < 4.78 is 1.86. The van der Waals surface area contributed by atoms with Gasteiger partial charge in [0.25, 0.3) is 0 Å². The summed E-state index contributed by atoms with van der Waals surface area (Å²) in [5, 5.41) is 14.7. The van der Waals surface area contributed by atoms with Gasteiger partial charge in [0, 0.05) is 25.0 Å². The zero-order chi connectivity index (χ0) is 11.5. The smallest absolute Gasteiger partial charge is 0.203 e. The van der Waals surface area contributed by atoms with Crippen molar-refractivity contribution in [1.29, 1.82) is 0 Å². The maximum atomic E-state index is 4.29. The van der Waals surface area contributed by atoms with Crippen molar-refractivity contribution < 1.29 is 0 Å². The largest absolute Gasteiger partial charge is 0.367 e. The van der Waals surface area contributed by atoms with Crippen LogP contribution in [0.15, 0.2) is 18.7 Å². The summed E-state index contributed by atoms with van der Waals surface area (Å²) in [4.78, 5) is 4.29. The van der Waals surface area contributed by atoms with E-state index in [9.17, 15) is 0 Å². The molecular weight excluding hydrogens is 216 g/mol. The Balaban J connectivity index is 1.62. The molecule has 0 aliphatic carbocycles. The van der Waals surface area contributed by atoms with Crippen LogP contribution in [0.25, 0.3) is 5.65 Å². The van der Waals surface area contributed by atoms with E-state index in [2.05, 4.69) is 25.8 Å². The second-order valence-corrected chi connectivity index (χ2v) is 4.35. The summed E-state index contributed by atoms with van der Waals surface area (Å²) in [6, 6.07) is 0.653. The van der Waals surface area contributed by atoms with Gasteiger partial charge in [-0.3, -0.25) is 4.40 Å². The third-order valence-corrected chi connectivity index (χ3v) is 3.16. The Morgan fingerprint density at radius 2 is 2.53 bits per heavy atom. The normalized spacial score (nSPS) is 19.9. The highest BCUT2D eigenvalue weighted by Gasteiger charge is 2.13. The molecular formula is C11H16N6. The fraction of sp³-hybridized carbons (Fsp3) is 0.545. The molecule has 0 amide bonds. The van der Waals surface area contributed by atoms with E-state index in [-0.39, 0.29) is 0 Å². The zero-order valence-corrected chi connectivity index (χ0v) is 9.63. The van der Waals surface area contributed by atoms with E-state index in [0.29, 0.717) is 6.04 Å². The van der Waals surface area contributed by atoms with Gasteiger partial charge in [-0.25, -0.2) is 4.98 Å². The fourth-order valence-electron chi connectivity index (χ4n) is 2.25. The predicted octanol–water partition coefficient (Wildman–Crippen LogP) is 0.678. The Labute approximate surface area is 99.5 Å². The van der Waals surface area contributed by atoms with Gasteiger partial charge in [-0.05, 0) is 25.8 Å². The number of nitrogens with zero attached hydrogens (tertiary/aromatic N) is 4. The molecule has 1 atom stereocenters. The van der Waals surface area contributed by atoms with Gasteiger partial charge in [0.05, 0.1) is 0 Å². The molecule has 0 radical (unpaired) electrons. The molecule has 17 heavy (non-hydrogen) atoms. The molecule has 1 aliphatic rings. The number of rotatable bonds is 4. The molecule has 2 N–H and O–H groups in total. The first-order valence-corrected chi connectivity index (χ1v) is 6.05. The summed E-state index contributed by atoms with van der Waals surface area (Å²) in [5.41, 5.74) is 0.784. The quantitative estimate of drug-likeness (QED) is 0.811. The molecule has 6 nitrogen and oxygen atoms in total. The minimum Gasteiger partial charge on any atom is -0.367 e. The van der Waals surface area contributed by atoms with Gasteiger partial charge in [0.15, 0.2) is 5.82 Å². The van der Waals surface area contributed by atoms with Gasteiger partial charge in [-0.2, -0.15) is 0 Å². The highest BCUT2D eigenvalue weighted by Crippen LogP contribution is 2.12. The van der Waals surface area contributed by atoms with Crippen LogP contribution >= 0.6 is 0 Å². The van der Waals surface area contributed by atoms with Gasteiger partial charge in [-0.15, -0.1) is 10.2 Å². The van der Waals surface area contributed by atoms with Crippen molar-refractivity contribution in [2.75, 3.05) is 18.4 Å². The summed E-state index contributed by atoms with van der Waals surface area (Å²) in [5.74, 6) is 0.808. The van der Waals surface area contributed by atoms with Crippen LogP contribution in [0.2, 0.25) is 0 Å². The first-order valence-electron chi connectivity index (χ1n) is 6.05. The highest BCUT2D eigenvalue weighted by atomic mass is 15.2. The van der Waals surface area contributed by atoms with Gasteiger partial charge < -0.3 is 10.6 Å². The van der Waals surface area contributed by atoms with E-state index in [4.69, 9.17) is 0 Å². The van der Waals surface area contributed by atoms with E-state index in [1.165, 1.54) is 12.8 Å². The van der Waals surface area contributed by atoms with Gasteiger partial charge in [0.1, 0.15) is 6.33 Å². The number of hydrogen-bond acceptors (Lipinski definition) is 5. The van der Waals surface area contributed by atoms with E-state index < -0.39 is 0 Å². The fourth-order valence-corrected chi connectivity index (χ4v) is 2.25. The molecule has 1 saturated heterocycles. The highest BCUT2D eigenvalue weighted by molar-refractivity contribution is 5.61. The first-order chi connectivity index (χ1) is 8.43. The topological polar surface area (TPSA) is 67.1 Å². The van der Waals surface area contributed by atoms with Gasteiger partial charge >= 0.3 is 0 Å². The number of aromatic nitrogens is 4. The lowest BCUT2D eigenvalue weighted by Gasteiger charge is -2.11. The zero-order valence-electron chi connectivity index (χ0n) is 9.63. The molecule has 1 aliphatic heterocycles. The molecule has 3 heterocycles.